The molecule has 70 heavy (non-hydrogen) atoms. The van der Waals surface area contributed by atoms with Gasteiger partial charge in [-0.25, -0.2) is 0 Å². The number of thioether (sulfide) groups is 1. The van der Waals surface area contributed by atoms with Crippen molar-refractivity contribution in [2.45, 2.75) is 165 Å². The first-order chi connectivity index (χ1) is 34.2. The van der Waals surface area contributed by atoms with Crippen LogP contribution in [0.4, 0.5) is 11.4 Å². The van der Waals surface area contributed by atoms with Crippen LogP contribution in [0.2, 0.25) is 0 Å². The van der Waals surface area contributed by atoms with E-state index >= 15 is 0 Å². The molecule has 0 radical (unpaired) electrons. The van der Waals surface area contributed by atoms with Gasteiger partial charge in [-0.3, -0.25) is 20.2 Å². The Morgan fingerprint density at radius 1 is 0.786 bits per heavy atom. The minimum absolute atomic E-state index is 0.00674. The Balaban J connectivity index is 1.32. The fraction of sp³-hybridized carbons (Fsp3) is 0.589. The predicted molar refractivity (Wildman–Crippen MR) is 279 cm³/mol. The summed E-state index contributed by atoms with van der Waals surface area (Å²) in [5.74, 6) is 0.991. The van der Waals surface area contributed by atoms with Crippen LogP contribution in [-0.4, -0.2) is 62.4 Å². The maximum absolute atomic E-state index is 11.7. The summed E-state index contributed by atoms with van der Waals surface area (Å²) in [6.07, 6.45) is 27.3. The number of aliphatic hydroxyl groups excluding tert-OH is 2. The number of hydrogen-bond acceptors (Lipinski definition) is 12. The fourth-order valence-corrected chi connectivity index (χ4v) is 12.2. The molecule has 6 atom stereocenters. The molecule has 3 aromatic rings. The molecular weight excluding hydrogens is 907 g/mol. The highest BCUT2D eigenvalue weighted by Crippen LogP contribution is 2.63. The van der Waals surface area contributed by atoms with Crippen LogP contribution in [0.3, 0.4) is 0 Å². The molecule has 0 spiro atoms. The lowest BCUT2D eigenvalue weighted by Gasteiger charge is -2.58. The van der Waals surface area contributed by atoms with Gasteiger partial charge in [0.15, 0.2) is 0 Å². The summed E-state index contributed by atoms with van der Waals surface area (Å²) in [7, 11) is 0. The molecule has 0 amide bonds. The van der Waals surface area contributed by atoms with Gasteiger partial charge >= 0.3 is 0 Å². The van der Waals surface area contributed by atoms with Gasteiger partial charge in [-0.05, 0) is 97.2 Å². The standard InChI is InChI=1S/C56H77N3O10S/c1-3-5-6-7-8-9-10-11-12-13-14-15-16-21-36-70-53-40-51(57-67-41-42-27-29-44(30-28-42)58(62)63)49-37-43(23-17-19-33-60)48(26-18-20-34-61)54-50-39-47(68-46-25-22-24-45(38-46)59(64)65)31-32-52(50)69-56(53,55(49)54)66-35-4-2/h4,22,24-25,27-32,37-39,43,48,53-55,60-61H,2-3,5-21,23,26,33-36,40-41H2,1H3/t43-,48+,53-,54+,55+,56+/m0/s1. The number of aliphatic hydroxyl groups is 2. The summed E-state index contributed by atoms with van der Waals surface area (Å²) in [6, 6.07) is 18.3. The summed E-state index contributed by atoms with van der Waals surface area (Å²) in [6.45, 7) is 6.90. The minimum Gasteiger partial charge on any atom is -0.460 e. The normalized spacial score (nSPS) is 21.8. The van der Waals surface area contributed by atoms with Gasteiger partial charge in [0.1, 0.15) is 23.9 Å². The highest BCUT2D eigenvalue weighted by Gasteiger charge is 2.64. The molecule has 0 bridgehead atoms. The molecule has 2 N–H and O–H groups in total. The summed E-state index contributed by atoms with van der Waals surface area (Å²) < 4.78 is 20.8. The molecule has 3 aliphatic rings. The number of nitro groups is 2. The fourth-order valence-electron chi connectivity index (χ4n) is 10.8. The monoisotopic (exact) mass is 984 g/mol. The van der Waals surface area contributed by atoms with Gasteiger partial charge < -0.3 is 29.3 Å². The zero-order valence-electron chi connectivity index (χ0n) is 41.4. The number of non-ortho nitro benzene ring substituents is 2. The van der Waals surface area contributed by atoms with Gasteiger partial charge in [0.2, 0.25) is 5.79 Å². The molecule has 382 valence electrons. The number of benzene rings is 3. The van der Waals surface area contributed by atoms with Crippen molar-refractivity contribution in [1.82, 2.24) is 0 Å². The zero-order chi connectivity index (χ0) is 49.6. The molecule has 1 fully saturated rings. The lowest BCUT2D eigenvalue weighted by molar-refractivity contribution is -0.385. The molecule has 1 aliphatic heterocycles. The Morgan fingerprint density at radius 3 is 2.07 bits per heavy atom. The number of rotatable bonds is 34. The van der Waals surface area contributed by atoms with Gasteiger partial charge in [0.05, 0.1) is 39.4 Å². The van der Waals surface area contributed by atoms with E-state index in [1.807, 2.05) is 30.0 Å². The van der Waals surface area contributed by atoms with Crippen LogP contribution >= 0.6 is 11.8 Å². The molecule has 6 rings (SSSR count). The second kappa shape index (κ2) is 28.9. The first-order valence-electron chi connectivity index (χ1n) is 26.2. The largest absolute Gasteiger partial charge is 0.460 e. The van der Waals surface area contributed by atoms with Crippen molar-refractivity contribution < 1.29 is 39.1 Å². The van der Waals surface area contributed by atoms with Crippen LogP contribution in [0, 0.1) is 38.0 Å². The average molecular weight is 984 g/mol. The van der Waals surface area contributed by atoms with E-state index in [1.165, 1.54) is 101 Å². The number of oxime groups is 1. The summed E-state index contributed by atoms with van der Waals surface area (Å²) in [5, 5.41) is 47.7. The number of unbranched alkanes of at least 4 members (excludes halogenated alkanes) is 15. The van der Waals surface area contributed by atoms with Crippen LogP contribution in [-0.2, 0) is 16.2 Å². The third kappa shape index (κ3) is 15.1. The average Bonchev–Trinajstić information content (AvgIpc) is 3.36. The van der Waals surface area contributed by atoms with E-state index in [0.29, 0.717) is 36.5 Å². The van der Waals surface area contributed by atoms with E-state index in [1.54, 1.807) is 30.3 Å². The molecule has 14 heteroatoms. The smallest absolute Gasteiger partial charge is 0.273 e. The SMILES string of the molecule is C=CCO[C@@]12Oc3ccc(Oc4cccc([N+](=O)[O-])c4)cc3[C@H]3[C@H](CCCCO)[C@@H](CCCCO)C=C(C(=NOCc4ccc([N+](=O)[O-])cc4)C[C@@H]1SCCCCCCCCCCCCCCCC)[C@H]32. The second-order valence-corrected chi connectivity index (χ2v) is 20.6. The summed E-state index contributed by atoms with van der Waals surface area (Å²) in [4.78, 5) is 28.4. The number of fused-ring (bicyclic) bond motifs is 2. The lowest BCUT2D eigenvalue weighted by Crippen LogP contribution is -2.64. The number of ether oxygens (including phenoxy) is 3. The zero-order valence-corrected chi connectivity index (χ0v) is 42.2. The van der Waals surface area contributed by atoms with E-state index < -0.39 is 15.6 Å². The molecule has 2 aliphatic carbocycles. The van der Waals surface area contributed by atoms with E-state index in [0.717, 1.165) is 66.7 Å². The summed E-state index contributed by atoms with van der Waals surface area (Å²) in [5.41, 5.74) is 3.45. The van der Waals surface area contributed by atoms with E-state index in [9.17, 15) is 30.4 Å². The minimum atomic E-state index is -1.12. The van der Waals surface area contributed by atoms with Crippen LogP contribution in [0.5, 0.6) is 17.2 Å². The van der Waals surface area contributed by atoms with E-state index in [4.69, 9.17) is 24.2 Å². The molecule has 1 saturated carbocycles. The Bertz CT molecular complexity index is 2170. The van der Waals surface area contributed by atoms with Crippen molar-refractivity contribution in [3.63, 3.8) is 0 Å². The number of nitro benzene ring substituents is 2. The molecule has 13 nitrogen and oxygen atoms in total. The highest BCUT2D eigenvalue weighted by atomic mass is 32.2. The van der Waals surface area contributed by atoms with Crippen LogP contribution in [0.25, 0.3) is 0 Å². The van der Waals surface area contributed by atoms with Crippen LogP contribution in [0.15, 0.2) is 96.2 Å². The molecule has 0 saturated heterocycles. The highest BCUT2D eigenvalue weighted by molar-refractivity contribution is 8.00. The molecular formula is C56H77N3O10S. The number of nitrogens with zero attached hydrogens (tertiary/aromatic N) is 3. The van der Waals surface area contributed by atoms with Crippen molar-refractivity contribution in [1.29, 1.82) is 0 Å². The van der Waals surface area contributed by atoms with E-state index in [-0.39, 0.29) is 66.7 Å². The van der Waals surface area contributed by atoms with Crippen molar-refractivity contribution in [2.75, 3.05) is 25.6 Å². The first-order valence-corrected chi connectivity index (χ1v) is 27.3. The molecule has 0 unspecified atom stereocenters. The van der Waals surface area contributed by atoms with Crippen LogP contribution < -0.4 is 9.47 Å². The quantitative estimate of drug-likeness (QED) is 0.0252. The van der Waals surface area contributed by atoms with E-state index in [2.05, 4.69) is 19.6 Å². The van der Waals surface area contributed by atoms with Crippen molar-refractivity contribution in [3.05, 3.63) is 122 Å². The van der Waals surface area contributed by atoms with Gasteiger partial charge in [0.25, 0.3) is 11.4 Å². The Kier molecular flexibility index (Phi) is 22.6. The van der Waals surface area contributed by atoms with Crippen molar-refractivity contribution in [3.8, 4) is 17.2 Å². The third-order valence-corrected chi connectivity index (χ3v) is 15.7. The third-order valence-electron chi connectivity index (χ3n) is 14.3. The lowest BCUT2D eigenvalue weighted by atomic mass is 9.56. The topological polar surface area (TPSA) is 176 Å². The van der Waals surface area contributed by atoms with Crippen molar-refractivity contribution >= 4 is 28.8 Å². The summed E-state index contributed by atoms with van der Waals surface area (Å²) >= 11 is 1.86. The number of allylic oxidation sites excluding steroid dienone is 1. The van der Waals surface area contributed by atoms with Gasteiger partial charge in [-0.2, -0.15) is 11.8 Å². The maximum Gasteiger partial charge on any atom is 0.273 e. The number of hydrogen-bond donors (Lipinski definition) is 2. The molecule has 0 aromatic heterocycles. The Labute approximate surface area is 419 Å². The van der Waals surface area contributed by atoms with Crippen LogP contribution in [0.1, 0.15) is 159 Å². The molecule has 3 aromatic carbocycles. The Hall–Kier alpha value is -4.76. The van der Waals surface area contributed by atoms with Gasteiger partial charge in [-0.15, -0.1) is 6.58 Å². The van der Waals surface area contributed by atoms with Crippen molar-refractivity contribution in [2.24, 2.45) is 22.9 Å². The second-order valence-electron chi connectivity index (χ2n) is 19.3. The molecule has 1 heterocycles. The first kappa shape index (κ1) is 54.6. The maximum atomic E-state index is 11.7. The predicted octanol–water partition coefficient (Wildman–Crippen LogP) is 14.3. The van der Waals surface area contributed by atoms with Gasteiger partial charge in [0, 0.05) is 49.3 Å². The van der Waals surface area contributed by atoms with Gasteiger partial charge in [-0.1, -0.05) is 127 Å². The Morgan fingerprint density at radius 2 is 1.43 bits per heavy atom.